The van der Waals surface area contributed by atoms with Crippen molar-refractivity contribution in [3.8, 4) is 0 Å². The van der Waals surface area contributed by atoms with Crippen molar-refractivity contribution >= 4 is 23.2 Å². The Hall–Kier alpha value is -3.18. The molecule has 2 aliphatic rings. The van der Waals surface area contributed by atoms with Crippen LogP contribution in [0.1, 0.15) is 36.1 Å². The molecule has 0 fully saturated rings. The highest BCUT2D eigenvalue weighted by Crippen LogP contribution is 2.37. The van der Waals surface area contributed by atoms with Crippen molar-refractivity contribution in [2.24, 2.45) is 0 Å². The van der Waals surface area contributed by atoms with Gasteiger partial charge in [0.05, 0.1) is 22.5 Å². The Labute approximate surface area is 171 Å². The van der Waals surface area contributed by atoms with Gasteiger partial charge in [-0.3, -0.25) is 14.5 Å². The minimum absolute atomic E-state index is 0.240. The Morgan fingerprint density at radius 3 is 1.62 bits per heavy atom. The van der Waals surface area contributed by atoms with E-state index in [1.807, 2.05) is 43.3 Å². The molecule has 29 heavy (non-hydrogen) atoms. The molecular weight excluding hydrogens is 362 g/mol. The first kappa shape index (κ1) is 19.2. The maximum absolute atomic E-state index is 12.7. The van der Waals surface area contributed by atoms with E-state index in [1.54, 1.807) is 0 Å². The van der Waals surface area contributed by atoms with Gasteiger partial charge in [-0.05, 0) is 36.7 Å². The number of benzene rings is 2. The van der Waals surface area contributed by atoms with E-state index in [4.69, 9.17) is 0 Å². The Kier molecular flexibility index (Phi) is 5.07. The van der Waals surface area contributed by atoms with Crippen LogP contribution in [0.3, 0.4) is 0 Å². The van der Waals surface area contributed by atoms with Crippen molar-refractivity contribution in [3.63, 3.8) is 0 Å². The molecular formula is C24H25N3O2. The van der Waals surface area contributed by atoms with E-state index in [1.165, 1.54) is 5.56 Å². The highest BCUT2D eigenvalue weighted by Gasteiger charge is 2.40. The molecule has 4 rings (SSSR count). The van der Waals surface area contributed by atoms with Crippen molar-refractivity contribution in [1.82, 2.24) is 15.5 Å². The number of amides is 2. The first-order chi connectivity index (χ1) is 14.0. The normalized spacial score (nSPS) is 15.9. The molecule has 148 valence electrons. The molecule has 2 amide bonds. The van der Waals surface area contributed by atoms with Gasteiger partial charge in [-0.15, -0.1) is 0 Å². The summed E-state index contributed by atoms with van der Waals surface area (Å²) in [6.45, 7) is 9.19. The molecule has 0 radical (unpaired) electrons. The fraction of sp³-hybridized carbons (Fsp3) is 0.250. The lowest BCUT2D eigenvalue weighted by molar-refractivity contribution is -0.117. The standard InChI is InChI=1S/C24H25N3O2/c1-4-27(5-2)14-16-8-12-18(13-9-16)22-20-19(23(28)26-22)21(25-24(20)29)17-10-6-15(3)7-11-17/h6-13H,4-5,14H2,1-3H3,(H,25,29)(H,26,28). The monoisotopic (exact) mass is 387 g/mol. The molecule has 5 heteroatoms. The molecule has 0 saturated heterocycles. The molecule has 0 bridgehead atoms. The van der Waals surface area contributed by atoms with E-state index < -0.39 is 0 Å². The average molecular weight is 387 g/mol. The van der Waals surface area contributed by atoms with Gasteiger partial charge in [-0.1, -0.05) is 67.9 Å². The van der Waals surface area contributed by atoms with Crippen LogP contribution >= 0.6 is 0 Å². The number of hydrogen-bond acceptors (Lipinski definition) is 3. The number of nitrogens with one attached hydrogen (secondary N) is 2. The SMILES string of the molecule is CCN(CC)Cc1ccc(C2=C3C(=O)NC(c4ccc(C)cc4)=C3C(=O)N2)cc1. The van der Waals surface area contributed by atoms with E-state index in [2.05, 4.69) is 41.5 Å². The van der Waals surface area contributed by atoms with Gasteiger partial charge < -0.3 is 10.6 Å². The molecule has 0 aliphatic carbocycles. The van der Waals surface area contributed by atoms with E-state index in [9.17, 15) is 9.59 Å². The van der Waals surface area contributed by atoms with Gasteiger partial charge in [0.25, 0.3) is 11.8 Å². The summed E-state index contributed by atoms with van der Waals surface area (Å²) in [5.74, 6) is -0.479. The summed E-state index contributed by atoms with van der Waals surface area (Å²) in [5, 5.41) is 5.80. The van der Waals surface area contributed by atoms with E-state index in [-0.39, 0.29) is 11.8 Å². The fourth-order valence-corrected chi connectivity index (χ4v) is 3.82. The zero-order chi connectivity index (χ0) is 20.5. The highest BCUT2D eigenvalue weighted by molar-refractivity contribution is 6.30. The fourth-order valence-electron chi connectivity index (χ4n) is 3.82. The first-order valence-electron chi connectivity index (χ1n) is 10.0. The maximum atomic E-state index is 12.7. The van der Waals surface area contributed by atoms with Crippen molar-refractivity contribution in [1.29, 1.82) is 0 Å². The van der Waals surface area contributed by atoms with Gasteiger partial charge in [-0.25, -0.2) is 0 Å². The number of hydrogen-bond donors (Lipinski definition) is 2. The Bertz CT molecular complexity index is 1030. The van der Waals surface area contributed by atoms with Crippen LogP contribution in [0.2, 0.25) is 0 Å². The lowest BCUT2D eigenvalue weighted by atomic mass is 10.0. The molecule has 0 atom stereocenters. The Balaban J connectivity index is 1.70. The van der Waals surface area contributed by atoms with Crippen molar-refractivity contribution in [2.45, 2.75) is 27.3 Å². The van der Waals surface area contributed by atoms with Crippen LogP contribution in [0.25, 0.3) is 11.4 Å². The molecule has 5 nitrogen and oxygen atoms in total. The van der Waals surface area contributed by atoms with Crippen LogP contribution in [0.4, 0.5) is 0 Å². The van der Waals surface area contributed by atoms with Gasteiger partial charge in [0.2, 0.25) is 0 Å². The van der Waals surface area contributed by atoms with Crippen LogP contribution in [-0.2, 0) is 16.1 Å². The number of rotatable bonds is 6. The van der Waals surface area contributed by atoms with Crippen LogP contribution in [0.15, 0.2) is 59.7 Å². The van der Waals surface area contributed by atoms with Gasteiger partial charge in [0, 0.05) is 6.54 Å². The van der Waals surface area contributed by atoms with Crippen LogP contribution < -0.4 is 10.6 Å². The molecule has 0 unspecified atom stereocenters. The minimum atomic E-state index is -0.240. The summed E-state index contributed by atoms with van der Waals surface area (Å²) < 4.78 is 0. The molecule has 2 N–H and O–H groups in total. The summed E-state index contributed by atoms with van der Waals surface area (Å²) in [7, 11) is 0. The Morgan fingerprint density at radius 2 is 1.17 bits per heavy atom. The van der Waals surface area contributed by atoms with Gasteiger partial charge >= 0.3 is 0 Å². The van der Waals surface area contributed by atoms with Crippen LogP contribution in [0, 0.1) is 6.92 Å². The topological polar surface area (TPSA) is 61.4 Å². The maximum Gasteiger partial charge on any atom is 0.258 e. The second-order valence-corrected chi connectivity index (χ2v) is 7.43. The van der Waals surface area contributed by atoms with Crippen molar-refractivity contribution < 1.29 is 9.59 Å². The third-order valence-electron chi connectivity index (χ3n) is 5.56. The molecule has 2 heterocycles. The second-order valence-electron chi connectivity index (χ2n) is 7.43. The van der Waals surface area contributed by atoms with Crippen molar-refractivity contribution in [3.05, 3.63) is 81.9 Å². The van der Waals surface area contributed by atoms with E-state index in [0.717, 1.165) is 36.3 Å². The van der Waals surface area contributed by atoms with Gasteiger partial charge in [0.1, 0.15) is 0 Å². The molecule has 2 aromatic carbocycles. The highest BCUT2D eigenvalue weighted by atomic mass is 16.2. The number of carbonyl (C=O) groups is 2. The lowest BCUT2D eigenvalue weighted by Crippen LogP contribution is -2.22. The zero-order valence-electron chi connectivity index (χ0n) is 17.0. The van der Waals surface area contributed by atoms with Crippen LogP contribution in [0.5, 0.6) is 0 Å². The first-order valence-corrected chi connectivity index (χ1v) is 10.0. The molecule has 0 saturated carbocycles. The predicted molar refractivity (Wildman–Crippen MR) is 114 cm³/mol. The summed E-state index contributed by atoms with van der Waals surface area (Å²) in [4.78, 5) is 27.8. The second kappa shape index (κ2) is 7.68. The number of aryl methyl sites for hydroxylation is 1. The summed E-state index contributed by atoms with van der Waals surface area (Å²) in [5.41, 5.74) is 6.03. The quantitative estimate of drug-likeness (QED) is 0.800. The third kappa shape index (κ3) is 3.49. The number of carbonyl (C=O) groups excluding carboxylic acids is 2. The van der Waals surface area contributed by atoms with Crippen molar-refractivity contribution in [2.75, 3.05) is 13.1 Å². The zero-order valence-corrected chi connectivity index (χ0v) is 17.0. The van der Waals surface area contributed by atoms with E-state index in [0.29, 0.717) is 22.5 Å². The molecule has 2 aliphatic heterocycles. The van der Waals surface area contributed by atoms with Gasteiger partial charge in [0.15, 0.2) is 0 Å². The Morgan fingerprint density at radius 1 is 0.724 bits per heavy atom. The van der Waals surface area contributed by atoms with Crippen LogP contribution in [-0.4, -0.2) is 29.8 Å². The summed E-state index contributed by atoms with van der Waals surface area (Å²) >= 11 is 0. The third-order valence-corrected chi connectivity index (χ3v) is 5.56. The number of fused-ring (bicyclic) bond motifs is 1. The largest absolute Gasteiger partial charge is 0.321 e. The molecule has 0 aromatic heterocycles. The van der Waals surface area contributed by atoms with Gasteiger partial charge in [-0.2, -0.15) is 0 Å². The minimum Gasteiger partial charge on any atom is -0.321 e. The lowest BCUT2D eigenvalue weighted by Gasteiger charge is -2.18. The summed E-state index contributed by atoms with van der Waals surface area (Å²) in [6.07, 6.45) is 0. The summed E-state index contributed by atoms with van der Waals surface area (Å²) in [6, 6.07) is 15.9. The van der Waals surface area contributed by atoms with E-state index >= 15 is 0 Å². The smallest absolute Gasteiger partial charge is 0.258 e. The average Bonchev–Trinajstić information content (AvgIpc) is 3.26. The number of nitrogens with zero attached hydrogens (tertiary/aromatic N) is 1. The molecule has 2 aromatic rings. The molecule has 0 spiro atoms. The predicted octanol–water partition coefficient (Wildman–Crippen LogP) is 3.22.